The van der Waals surface area contributed by atoms with E-state index in [9.17, 15) is 0 Å². The van der Waals surface area contributed by atoms with Crippen LogP contribution in [0.15, 0.2) is 46.9 Å². The summed E-state index contributed by atoms with van der Waals surface area (Å²) in [7, 11) is 0. The standard InChI is InChI=1S/C17H17BrINO/c18-17-8-7-16(9-13(17)10-20-15-5-6-15)21-11-12-1-3-14(19)4-2-12/h1-4,7-9,15,20H,5-6,10-11H2. The molecule has 1 fully saturated rings. The Morgan fingerprint density at radius 2 is 1.90 bits per heavy atom. The van der Waals surface area contributed by atoms with Gasteiger partial charge in [-0.15, -0.1) is 0 Å². The summed E-state index contributed by atoms with van der Waals surface area (Å²) in [4.78, 5) is 0. The first-order chi connectivity index (χ1) is 10.2. The van der Waals surface area contributed by atoms with Crippen molar-refractivity contribution in [3.8, 4) is 5.75 Å². The Morgan fingerprint density at radius 3 is 2.62 bits per heavy atom. The van der Waals surface area contributed by atoms with Crippen molar-refractivity contribution in [3.05, 3.63) is 61.6 Å². The predicted octanol–water partition coefficient (Wildman–Crippen LogP) is 4.88. The Bertz CT molecular complexity index is 611. The minimum Gasteiger partial charge on any atom is -0.489 e. The molecule has 3 rings (SSSR count). The van der Waals surface area contributed by atoms with E-state index in [-0.39, 0.29) is 0 Å². The molecule has 0 aromatic heterocycles. The van der Waals surface area contributed by atoms with Gasteiger partial charge >= 0.3 is 0 Å². The highest BCUT2D eigenvalue weighted by Gasteiger charge is 2.20. The van der Waals surface area contributed by atoms with Crippen LogP contribution in [0.3, 0.4) is 0 Å². The largest absolute Gasteiger partial charge is 0.489 e. The molecule has 1 saturated carbocycles. The average Bonchev–Trinajstić information content (AvgIpc) is 3.31. The van der Waals surface area contributed by atoms with E-state index in [0.717, 1.165) is 16.8 Å². The van der Waals surface area contributed by atoms with Gasteiger partial charge in [0.05, 0.1) is 0 Å². The number of ether oxygens (including phenoxy) is 1. The van der Waals surface area contributed by atoms with Gasteiger partial charge in [-0.3, -0.25) is 0 Å². The summed E-state index contributed by atoms with van der Waals surface area (Å²) in [6, 6.07) is 15.3. The molecule has 0 unspecified atom stereocenters. The van der Waals surface area contributed by atoms with Gasteiger partial charge in [0.1, 0.15) is 12.4 Å². The van der Waals surface area contributed by atoms with Crippen LogP contribution in [0, 0.1) is 3.57 Å². The van der Waals surface area contributed by atoms with E-state index < -0.39 is 0 Å². The smallest absolute Gasteiger partial charge is 0.120 e. The zero-order valence-electron chi connectivity index (χ0n) is 11.6. The predicted molar refractivity (Wildman–Crippen MR) is 97.5 cm³/mol. The number of benzene rings is 2. The van der Waals surface area contributed by atoms with Crippen LogP contribution in [0.4, 0.5) is 0 Å². The minimum absolute atomic E-state index is 0.605. The summed E-state index contributed by atoms with van der Waals surface area (Å²) in [5.74, 6) is 0.921. The molecule has 0 amide bonds. The van der Waals surface area contributed by atoms with Gasteiger partial charge in [0.25, 0.3) is 0 Å². The summed E-state index contributed by atoms with van der Waals surface area (Å²) in [6.45, 7) is 1.50. The van der Waals surface area contributed by atoms with Crippen molar-refractivity contribution in [2.45, 2.75) is 32.0 Å². The van der Waals surface area contributed by atoms with Crippen molar-refractivity contribution in [2.75, 3.05) is 0 Å². The van der Waals surface area contributed by atoms with Crippen molar-refractivity contribution >= 4 is 38.5 Å². The quantitative estimate of drug-likeness (QED) is 0.624. The zero-order valence-corrected chi connectivity index (χ0v) is 15.4. The Balaban J connectivity index is 1.61. The molecule has 0 spiro atoms. The lowest BCUT2D eigenvalue weighted by Crippen LogP contribution is -2.15. The SMILES string of the molecule is Brc1ccc(OCc2ccc(I)cc2)cc1CNC1CC1. The first-order valence-corrected chi connectivity index (χ1v) is 8.97. The number of nitrogens with one attached hydrogen (secondary N) is 1. The molecule has 0 heterocycles. The fraction of sp³-hybridized carbons (Fsp3) is 0.294. The number of hydrogen-bond acceptors (Lipinski definition) is 2. The lowest BCUT2D eigenvalue weighted by molar-refractivity contribution is 0.305. The zero-order chi connectivity index (χ0) is 14.7. The van der Waals surface area contributed by atoms with Gasteiger partial charge in [-0.2, -0.15) is 0 Å². The van der Waals surface area contributed by atoms with E-state index in [1.807, 2.05) is 6.07 Å². The monoisotopic (exact) mass is 457 g/mol. The highest BCUT2D eigenvalue weighted by atomic mass is 127. The summed E-state index contributed by atoms with van der Waals surface area (Å²) in [6.07, 6.45) is 2.61. The maximum Gasteiger partial charge on any atom is 0.120 e. The summed E-state index contributed by atoms with van der Waals surface area (Å²) < 4.78 is 8.28. The molecule has 0 aliphatic heterocycles. The minimum atomic E-state index is 0.605. The van der Waals surface area contributed by atoms with Crippen LogP contribution in [0.2, 0.25) is 0 Å². The molecule has 1 aliphatic carbocycles. The fourth-order valence-electron chi connectivity index (χ4n) is 2.07. The molecule has 0 atom stereocenters. The second kappa shape index (κ2) is 7.11. The lowest BCUT2D eigenvalue weighted by Gasteiger charge is -2.11. The molecule has 2 aromatic carbocycles. The molecule has 0 radical (unpaired) electrons. The average molecular weight is 458 g/mol. The van der Waals surface area contributed by atoms with E-state index in [1.165, 1.54) is 27.5 Å². The number of hydrogen-bond donors (Lipinski definition) is 1. The third-order valence-corrected chi connectivity index (χ3v) is 4.99. The maximum absolute atomic E-state index is 5.90. The van der Waals surface area contributed by atoms with Crippen LogP contribution in [0.25, 0.3) is 0 Å². The van der Waals surface area contributed by atoms with Crippen molar-refractivity contribution in [1.29, 1.82) is 0 Å². The van der Waals surface area contributed by atoms with Crippen molar-refractivity contribution < 1.29 is 4.74 Å². The van der Waals surface area contributed by atoms with Gasteiger partial charge < -0.3 is 10.1 Å². The molecule has 1 aliphatic rings. The van der Waals surface area contributed by atoms with Gasteiger partial charge in [-0.05, 0) is 76.9 Å². The Hall–Kier alpha value is -0.590. The molecular formula is C17H17BrINO. The van der Waals surface area contributed by atoms with E-state index in [1.54, 1.807) is 0 Å². The van der Waals surface area contributed by atoms with Gasteiger partial charge in [0.2, 0.25) is 0 Å². The van der Waals surface area contributed by atoms with Crippen LogP contribution < -0.4 is 10.1 Å². The van der Waals surface area contributed by atoms with Crippen LogP contribution in [0.1, 0.15) is 24.0 Å². The maximum atomic E-state index is 5.90. The Kier molecular flexibility index (Phi) is 5.19. The van der Waals surface area contributed by atoms with Crippen LogP contribution >= 0.6 is 38.5 Å². The summed E-state index contributed by atoms with van der Waals surface area (Å²) in [5.41, 5.74) is 2.44. The molecule has 21 heavy (non-hydrogen) atoms. The van der Waals surface area contributed by atoms with Crippen molar-refractivity contribution in [3.63, 3.8) is 0 Å². The van der Waals surface area contributed by atoms with Crippen LogP contribution in [-0.2, 0) is 13.2 Å². The second-order valence-corrected chi connectivity index (χ2v) is 7.42. The van der Waals surface area contributed by atoms with Crippen molar-refractivity contribution in [1.82, 2.24) is 5.32 Å². The van der Waals surface area contributed by atoms with Gasteiger partial charge in [0, 0.05) is 20.6 Å². The first kappa shape index (κ1) is 15.3. The third-order valence-electron chi connectivity index (χ3n) is 3.49. The van der Waals surface area contributed by atoms with Crippen LogP contribution in [-0.4, -0.2) is 6.04 Å². The molecule has 110 valence electrons. The van der Waals surface area contributed by atoms with Gasteiger partial charge in [-0.25, -0.2) is 0 Å². The molecule has 0 bridgehead atoms. The van der Waals surface area contributed by atoms with E-state index >= 15 is 0 Å². The molecule has 1 N–H and O–H groups in total. The van der Waals surface area contributed by atoms with E-state index in [0.29, 0.717) is 12.6 Å². The molecule has 4 heteroatoms. The number of halogens is 2. The van der Waals surface area contributed by atoms with Gasteiger partial charge in [-0.1, -0.05) is 28.1 Å². The van der Waals surface area contributed by atoms with Crippen molar-refractivity contribution in [2.24, 2.45) is 0 Å². The lowest BCUT2D eigenvalue weighted by atomic mass is 10.2. The molecule has 2 aromatic rings. The Labute approximate surface area is 147 Å². The molecular weight excluding hydrogens is 441 g/mol. The highest BCUT2D eigenvalue weighted by Crippen LogP contribution is 2.25. The van der Waals surface area contributed by atoms with Crippen LogP contribution in [0.5, 0.6) is 5.75 Å². The fourth-order valence-corrected chi connectivity index (χ4v) is 2.81. The highest BCUT2D eigenvalue weighted by molar-refractivity contribution is 14.1. The topological polar surface area (TPSA) is 21.3 Å². The Morgan fingerprint density at radius 1 is 1.14 bits per heavy atom. The van der Waals surface area contributed by atoms with Gasteiger partial charge in [0.15, 0.2) is 0 Å². The first-order valence-electron chi connectivity index (χ1n) is 7.10. The van der Waals surface area contributed by atoms with E-state index in [4.69, 9.17) is 4.74 Å². The normalized spacial score (nSPS) is 14.2. The second-order valence-electron chi connectivity index (χ2n) is 5.32. The van der Waals surface area contributed by atoms with E-state index in [2.05, 4.69) is 80.2 Å². The number of rotatable bonds is 6. The molecule has 0 saturated heterocycles. The molecule has 2 nitrogen and oxygen atoms in total. The summed E-state index contributed by atoms with van der Waals surface area (Å²) in [5, 5.41) is 3.53. The summed E-state index contributed by atoms with van der Waals surface area (Å²) >= 11 is 5.92. The third kappa shape index (κ3) is 4.69.